The number of hydrogen-bond acceptors (Lipinski definition) is 3. The lowest BCUT2D eigenvalue weighted by Crippen LogP contribution is -2.22. The van der Waals surface area contributed by atoms with Gasteiger partial charge in [0.2, 0.25) is 0 Å². The van der Waals surface area contributed by atoms with Crippen LogP contribution in [0.2, 0.25) is 0 Å². The number of carbonyl (C=O) groups is 1. The highest BCUT2D eigenvalue weighted by molar-refractivity contribution is 8.21. The van der Waals surface area contributed by atoms with Gasteiger partial charge in [0.05, 0.1) is 6.61 Å². The molecule has 0 aliphatic heterocycles. The molecule has 164 valence electrons. The molecule has 5 heteroatoms. The molecule has 0 fully saturated rings. The Morgan fingerprint density at radius 1 is 0.727 bits per heavy atom. The van der Waals surface area contributed by atoms with Crippen molar-refractivity contribution in [1.82, 2.24) is 0 Å². The van der Waals surface area contributed by atoms with Gasteiger partial charge in [0.25, 0.3) is 0 Å². The average Bonchev–Trinajstić information content (AvgIpc) is 2.89. The van der Waals surface area contributed by atoms with Gasteiger partial charge in [-0.15, -0.1) is 0 Å². The van der Waals surface area contributed by atoms with E-state index in [0.29, 0.717) is 5.56 Å². The van der Waals surface area contributed by atoms with E-state index < -0.39 is 12.2 Å². The Hall–Kier alpha value is -3.33. The Morgan fingerprint density at radius 3 is 1.67 bits per heavy atom. The summed E-state index contributed by atoms with van der Waals surface area (Å²) in [6, 6.07) is 37.6. The average molecular weight is 470 g/mol. The molecule has 0 saturated carbocycles. The first-order chi connectivity index (χ1) is 16.1. The number of ether oxygens (including phenoxy) is 1. The molecule has 0 radical (unpaired) electrons. The van der Waals surface area contributed by atoms with Crippen molar-refractivity contribution >= 4 is 40.3 Å². The Kier molecular flexibility index (Phi) is 7.29. The predicted octanol–water partition coefficient (Wildman–Crippen LogP) is 5.75. The summed E-state index contributed by atoms with van der Waals surface area (Å²) >= 11 is 6.23. The van der Waals surface area contributed by atoms with Gasteiger partial charge in [0, 0.05) is 16.2 Å². The highest BCUT2D eigenvalue weighted by atomic mass is 32.4. The molecular weight excluding hydrogens is 445 g/mol. The van der Waals surface area contributed by atoms with Gasteiger partial charge in [-0.05, 0) is 18.1 Å². The predicted molar refractivity (Wildman–Crippen MR) is 141 cm³/mol. The number of nitrogens with zero attached hydrogens (tertiary/aromatic N) is 1. The monoisotopic (exact) mass is 469 g/mol. The lowest BCUT2D eigenvalue weighted by molar-refractivity contribution is -0.134. The SMILES string of the molecule is CCOC(=O)/C(=N/P(=S)(c1ccccc1)c1ccccc1)c1ccc(-c2ccccc2)cc1. The fourth-order valence-corrected chi connectivity index (χ4v) is 6.67. The van der Waals surface area contributed by atoms with E-state index in [4.69, 9.17) is 21.3 Å². The van der Waals surface area contributed by atoms with Crippen LogP contribution in [0.1, 0.15) is 12.5 Å². The fourth-order valence-electron chi connectivity index (χ4n) is 3.53. The maximum atomic E-state index is 13.1. The maximum Gasteiger partial charge on any atom is 0.357 e. The Morgan fingerprint density at radius 2 is 1.18 bits per heavy atom. The van der Waals surface area contributed by atoms with Crippen LogP contribution in [0.15, 0.2) is 120 Å². The third-order valence-corrected chi connectivity index (χ3v) is 9.18. The highest BCUT2D eigenvalue weighted by Gasteiger charge is 2.26. The molecule has 0 N–H and O–H groups in total. The first kappa shape index (κ1) is 22.8. The van der Waals surface area contributed by atoms with E-state index in [9.17, 15) is 4.79 Å². The fraction of sp³-hybridized carbons (Fsp3) is 0.0714. The first-order valence-electron chi connectivity index (χ1n) is 10.8. The molecule has 0 aromatic heterocycles. The van der Waals surface area contributed by atoms with E-state index in [2.05, 4.69) is 12.1 Å². The van der Waals surface area contributed by atoms with E-state index in [0.717, 1.165) is 21.7 Å². The molecule has 4 aromatic carbocycles. The summed E-state index contributed by atoms with van der Waals surface area (Å²) in [7, 11) is 0. The molecular formula is C28H24NO2PS. The van der Waals surface area contributed by atoms with Crippen LogP contribution >= 0.6 is 6.19 Å². The zero-order valence-corrected chi connectivity index (χ0v) is 20.0. The van der Waals surface area contributed by atoms with Gasteiger partial charge in [0.1, 0.15) is 6.19 Å². The Labute approximate surface area is 199 Å². The molecule has 0 spiro atoms. The van der Waals surface area contributed by atoms with Crippen LogP contribution in [-0.2, 0) is 21.3 Å². The first-order valence-corrected chi connectivity index (χ1v) is 13.5. The van der Waals surface area contributed by atoms with Crippen LogP contribution in [0, 0.1) is 0 Å². The van der Waals surface area contributed by atoms with Crippen LogP contribution < -0.4 is 10.6 Å². The van der Waals surface area contributed by atoms with Crippen LogP contribution in [0.4, 0.5) is 0 Å². The minimum absolute atomic E-state index is 0.257. The number of hydrogen-bond donors (Lipinski definition) is 0. The van der Waals surface area contributed by atoms with Gasteiger partial charge < -0.3 is 4.74 Å². The van der Waals surface area contributed by atoms with E-state index in [-0.39, 0.29) is 12.3 Å². The lowest BCUT2D eigenvalue weighted by Gasteiger charge is -2.20. The molecule has 33 heavy (non-hydrogen) atoms. The van der Waals surface area contributed by atoms with Gasteiger partial charge in [-0.25, -0.2) is 9.56 Å². The van der Waals surface area contributed by atoms with Crippen molar-refractivity contribution in [2.24, 2.45) is 4.76 Å². The summed E-state index contributed by atoms with van der Waals surface area (Å²) in [5, 5.41) is 1.85. The third-order valence-electron chi connectivity index (χ3n) is 5.19. The van der Waals surface area contributed by atoms with E-state index >= 15 is 0 Å². The molecule has 3 nitrogen and oxygen atoms in total. The second kappa shape index (κ2) is 10.5. The van der Waals surface area contributed by atoms with Gasteiger partial charge in [-0.3, -0.25) is 0 Å². The lowest BCUT2D eigenvalue weighted by atomic mass is 10.0. The summed E-state index contributed by atoms with van der Waals surface area (Å²) in [5.74, 6) is -0.467. The quantitative estimate of drug-likeness (QED) is 0.197. The van der Waals surface area contributed by atoms with Crippen molar-refractivity contribution < 1.29 is 9.53 Å². The van der Waals surface area contributed by atoms with Crippen LogP contribution in [0.25, 0.3) is 11.1 Å². The smallest absolute Gasteiger partial charge is 0.357 e. The third kappa shape index (κ3) is 5.19. The molecule has 0 atom stereocenters. The van der Waals surface area contributed by atoms with Gasteiger partial charge in [0.15, 0.2) is 5.71 Å². The molecule has 4 rings (SSSR count). The summed E-state index contributed by atoms with van der Waals surface area (Å²) in [5.41, 5.74) is 3.12. The van der Waals surface area contributed by atoms with E-state index in [1.54, 1.807) is 6.92 Å². The van der Waals surface area contributed by atoms with Crippen molar-refractivity contribution in [3.8, 4) is 11.1 Å². The maximum absolute atomic E-state index is 13.1. The van der Waals surface area contributed by atoms with Crippen molar-refractivity contribution in [2.45, 2.75) is 6.92 Å². The standard InChI is InChI=1S/C28H24NO2PS/c1-2-31-28(30)27(24-20-18-23(19-21-24)22-12-6-3-7-13-22)29-32(33,25-14-8-4-9-15-25)26-16-10-5-11-17-26/h3-21H,2H2,1H3/b29-27+. The van der Waals surface area contributed by atoms with Crippen molar-refractivity contribution in [3.63, 3.8) is 0 Å². The molecule has 0 saturated heterocycles. The van der Waals surface area contributed by atoms with Crippen LogP contribution in [-0.4, -0.2) is 18.3 Å². The topological polar surface area (TPSA) is 38.7 Å². The molecule has 0 heterocycles. The van der Waals surface area contributed by atoms with Crippen molar-refractivity contribution in [2.75, 3.05) is 6.61 Å². The van der Waals surface area contributed by atoms with E-state index in [1.807, 2.05) is 103 Å². The summed E-state index contributed by atoms with van der Waals surface area (Å²) in [6.07, 6.45) is -2.67. The van der Waals surface area contributed by atoms with Gasteiger partial charge >= 0.3 is 5.97 Å². The largest absolute Gasteiger partial charge is 0.461 e. The Bertz CT molecular complexity index is 1240. The molecule has 0 aliphatic carbocycles. The normalized spacial score (nSPS) is 11.7. The van der Waals surface area contributed by atoms with Crippen LogP contribution in [0.5, 0.6) is 0 Å². The minimum Gasteiger partial charge on any atom is -0.461 e. The number of carbonyl (C=O) groups excluding carboxylic acids is 1. The molecule has 0 bridgehead atoms. The van der Waals surface area contributed by atoms with Crippen LogP contribution in [0.3, 0.4) is 0 Å². The molecule has 0 amide bonds. The zero-order valence-electron chi connectivity index (χ0n) is 18.3. The summed E-state index contributed by atoms with van der Waals surface area (Å²) < 4.78 is 10.4. The second-order valence-electron chi connectivity index (χ2n) is 7.36. The number of esters is 1. The van der Waals surface area contributed by atoms with Gasteiger partial charge in [-0.2, -0.15) is 0 Å². The second-order valence-corrected chi connectivity index (χ2v) is 11.3. The zero-order chi connectivity index (χ0) is 23.1. The highest BCUT2D eigenvalue weighted by Crippen LogP contribution is 2.46. The number of benzene rings is 4. The number of rotatable bonds is 7. The van der Waals surface area contributed by atoms with Crippen molar-refractivity contribution in [1.29, 1.82) is 0 Å². The Balaban J connectivity index is 1.85. The summed E-state index contributed by atoms with van der Waals surface area (Å²) in [4.78, 5) is 13.1. The molecule has 0 unspecified atom stereocenters. The van der Waals surface area contributed by atoms with E-state index in [1.165, 1.54) is 0 Å². The molecule has 0 aliphatic rings. The minimum atomic E-state index is -2.67. The van der Waals surface area contributed by atoms with Crippen molar-refractivity contribution in [3.05, 3.63) is 121 Å². The molecule has 4 aromatic rings. The summed E-state index contributed by atoms with van der Waals surface area (Å²) in [6.45, 7) is 2.05. The van der Waals surface area contributed by atoms with Gasteiger partial charge in [-0.1, -0.05) is 127 Å².